The van der Waals surface area contributed by atoms with Gasteiger partial charge in [-0.05, 0) is 24.6 Å². The van der Waals surface area contributed by atoms with E-state index in [4.69, 9.17) is 9.47 Å². The van der Waals surface area contributed by atoms with Gasteiger partial charge in [-0.3, -0.25) is 0 Å². The Bertz CT molecular complexity index is 513. The Kier molecular flexibility index (Phi) is 5.42. The van der Waals surface area contributed by atoms with Crippen molar-refractivity contribution in [1.82, 2.24) is 0 Å². The Morgan fingerprint density at radius 3 is 2.33 bits per heavy atom. The summed E-state index contributed by atoms with van der Waals surface area (Å²) in [5.74, 6) is -1.81. The number of halogens is 3. The summed E-state index contributed by atoms with van der Waals surface area (Å²) in [7, 11) is 2.22. The van der Waals surface area contributed by atoms with Gasteiger partial charge < -0.3 is 19.3 Å². The van der Waals surface area contributed by atoms with Gasteiger partial charge in [0, 0.05) is 0 Å². The van der Waals surface area contributed by atoms with Crippen molar-refractivity contribution in [2.45, 2.75) is 19.2 Å². The van der Waals surface area contributed by atoms with Crippen LogP contribution in [0.3, 0.4) is 0 Å². The lowest BCUT2D eigenvalue weighted by Gasteiger charge is -2.18. The molecule has 0 aliphatic carbocycles. The van der Waals surface area contributed by atoms with E-state index < -0.39 is 29.6 Å². The van der Waals surface area contributed by atoms with E-state index in [0.29, 0.717) is 6.07 Å². The predicted molar refractivity (Wildman–Crippen MR) is 66.1 cm³/mol. The zero-order chi connectivity index (χ0) is 16.2. The molecule has 0 fully saturated rings. The van der Waals surface area contributed by atoms with Crippen LogP contribution < -0.4 is 9.47 Å². The molecule has 1 atom stereocenters. The Balaban J connectivity index is 3.39. The summed E-state index contributed by atoms with van der Waals surface area (Å²) in [6.45, 7) is 1.51. The van der Waals surface area contributed by atoms with Crippen LogP contribution in [0, 0.1) is 0 Å². The number of aliphatic hydroxyl groups excluding tert-OH is 1. The molecule has 8 heteroatoms. The molecule has 1 aromatic rings. The fraction of sp³-hybridized carbons (Fsp3) is 0.462. The second-order valence-corrected chi connectivity index (χ2v) is 3.96. The maximum absolute atomic E-state index is 13.0. The van der Waals surface area contributed by atoms with E-state index in [9.17, 15) is 23.1 Å². The van der Waals surface area contributed by atoms with E-state index in [-0.39, 0.29) is 17.9 Å². The smallest absolute Gasteiger partial charge is 0.420 e. The molecule has 0 spiro atoms. The predicted octanol–water partition coefficient (Wildman–Crippen LogP) is 2.32. The first-order valence-corrected chi connectivity index (χ1v) is 5.94. The highest BCUT2D eigenvalue weighted by atomic mass is 19.4. The molecule has 0 saturated heterocycles. The third kappa shape index (κ3) is 3.78. The lowest BCUT2D eigenvalue weighted by molar-refractivity contribution is -0.153. The molecular formula is C13H15F3O5. The van der Waals surface area contributed by atoms with Gasteiger partial charge in [0.15, 0.2) is 17.6 Å². The van der Waals surface area contributed by atoms with Crippen molar-refractivity contribution in [2.75, 3.05) is 20.8 Å². The van der Waals surface area contributed by atoms with Gasteiger partial charge in [-0.2, -0.15) is 13.2 Å². The van der Waals surface area contributed by atoms with E-state index in [1.807, 2.05) is 0 Å². The number of methoxy groups -OCH3 is 2. The molecule has 21 heavy (non-hydrogen) atoms. The number of benzene rings is 1. The van der Waals surface area contributed by atoms with Crippen LogP contribution in [0.25, 0.3) is 0 Å². The van der Waals surface area contributed by atoms with Crippen LogP contribution in [-0.2, 0) is 15.7 Å². The van der Waals surface area contributed by atoms with Gasteiger partial charge in [0.1, 0.15) is 5.56 Å². The highest BCUT2D eigenvalue weighted by molar-refractivity contribution is 5.77. The molecule has 0 bridgehead atoms. The minimum atomic E-state index is -4.73. The van der Waals surface area contributed by atoms with Gasteiger partial charge in [-0.25, -0.2) is 4.79 Å². The third-order valence-electron chi connectivity index (χ3n) is 2.63. The first-order valence-electron chi connectivity index (χ1n) is 5.94. The molecule has 0 saturated carbocycles. The Hall–Kier alpha value is -1.96. The fourth-order valence-electron chi connectivity index (χ4n) is 1.71. The van der Waals surface area contributed by atoms with Crippen LogP contribution in [0.2, 0.25) is 0 Å². The maximum Gasteiger partial charge on any atom is 0.420 e. The van der Waals surface area contributed by atoms with Crippen LogP contribution >= 0.6 is 0 Å². The highest BCUT2D eigenvalue weighted by Crippen LogP contribution is 2.43. The van der Waals surface area contributed by atoms with Gasteiger partial charge in [0.2, 0.25) is 0 Å². The van der Waals surface area contributed by atoms with Crippen LogP contribution in [0.5, 0.6) is 11.5 Å². The summed E-state index contributed by atoms with van der Waals surface area (Å²) in [5.41, 5.74) is -1.44. The second kappa shape index (κ2) is 6.66. The molecule has 0 aromatic heterocycles. The van der Waals surface area contributed by atoms with Crippen molar-refractivity contribution in [3.8, 4) is 11.5 Å². The van der Waals surface area contributed by atoms with Gasteiger partial charge in [-0.15, -0.1) is 0 Å². The molecule has 118 valence electrons. The van der Waals surface area contributed by atoms with E-state index >= 15 is 0 Å². The molecule has 5 nitrogen and oxygen atoms in total. The van der Waals surface area contributed by atoms with E-state index in [2.05, 4.69) is 4.74 Å². The van der Waals surface area contributed by atoms with Crippen molar-refractivity contribution < 1.29 is 37.3 Å². The summed E-state index contributed by atoms with van der Waals surface area (Å²) >= 11 is 0. The van der Waals surface area contributed by atoms with Crippen LogP contribution in [-0.4, -0.2) is 31.9 Å². The maximum atomic E-state index is 13.0. The van der Waals surface area contributed by atoms with Gasteiger partial charge in [-0.1, -0.05) is 0 Å². The normalized spacial score (nSPS) is 12.7. The lowest BCUT2D eigenvalue weighted by Crippen LogP contribution is -2.17. The standard InChI is InChI=1S/C13H15F3O5/c1-4-21-12(18)10(17)7-5-8(13(14,15)16)11(20-3)9(6-7)19-2/h5-6,10,17H,4H2,1-3H3. The van der Waals surface area contributed by atoms with Crippen molar-refractivity contribution >= 4 is 5.97 Å². The fourth-order valence-corrected chi connectivity index (χ4v) is 1.71. The largest absolute Gasteiger partial charge is 0.493 e. The topological polar surface area (TPSA) is 65.0 Å². The molecule has 1 rings (SSSR count). The number of alkyl halides is 3. The van der Waals surface area contributed by atoms with E-state index in [1.54, 1.807) is 0 Å². The molecule has 0 aliphatic rings. The van der Waals surface area contributed by atoms with E-state index in [0.717, 1.165) is 20.3 Å². The van der Waals surface area contributed by atoms with Crippen molar-refractivity contribution in [2.24, 2.45) is 0 Å². The number of aliphatic hydroxyl groups is 1. The monoisotopic (exact) mass is 308 g/mol. The number of hydrogen-bond donors (Lipinski definition) is 1. The Morgan fingerprint density at radius 2 is 1.90 bits per heavy atom. The van der Waals surface area contributed by atoms with Crippen LogP contribution in [0.15, 0.2) is 12.1 Å². The molecule has 0 radical (unpaired) electrons. The summed E-state index contributed by atoms with van der Waals surface area (Å²) in [6.07, 6.45) is -6.57. The minimum Gasteiger partial charge on any atom is -0.493 e. The lowest BCUT2D eigenvalue weighted by atomic mass is 10.0. The second-order valence-electron chi connectivity index (χ2n) is 3.96. The molecule has 1 aromatic carbocycles. The summed E-state index contributed by atoms with van der Waals surface area (Å²) in [5, 5.41) is 9.76. The SMILES string of the molecule is CCOC(=O)C(O)c1cc(OC)c(OC)c(C(F)(F)F)c1. The molecule has 1 unspecified atom stereocenters. The Labute approximate surface area is 119 Å². The zero-order valence-corrected chi connectivity index (χ0v) is 11.7. The Morgan fingerprint density at radius 1 is 1.29 bits per heavy atom. The van der Waals surface area contributed by atoms with E-state index in [1.165, 1.54) is 6.92 Å². The van der Waals surface area contributed by atoms with Crippen molar-refractivity contribution in [3.05, 3.63) is 23.3 Å². The van der Waals surface area contributed by atoms with Crippen molar-refractivity contribution in [1.29, 1.82) is 0 Å². The number of rotatable bonds is 5. The first kappa shape index (κ1) is 17.1. The molecule has 0 heterocycles. The average molecular weight is 308 g/mol. The molecule has 0 amide bonds. The molecule has 0 aliphatic heterocycles. The minimum absolute atomic E-state index is 0.00465. The van der Waals surface area contributed by atoms with Crippen LogP contribution in [0.4, 0.5) is 13.2 Å². The molecular weight excluding hydrogens is 293 g/mol. The third-order valence-corrected chi connectivity index (χ3v) is 2.63. The number of ether oxygens (including phenoxy) is 3. The number of esters is 1. The van der Waals surface area contributed by atoms with Gasteiger partial charge >= 0.3 is 12.1 Å². The first-order chi connectivity index (χ1) is 9.76. The number of carbonyl (C=O) groups excluding carboxylic acids is 1. The quantitative estimate of drug-likeness (QED) is 0.846. The number of hydrogen-bond acceptors (Lipinski definition) is 5. The summed E-state index contributed by atoms with van der Waals surface area (Å²) < 4.78 is 53.1. The average Bonchev–Trinajstić information content (AvgIpc) is 2.44. The van der Waals surface area contributed by atoms with Gasteiger partial charge in [0.05, 0.1) is 20.8 Å². The zero-order valence-electron chi connectivity index (χ0n) is 11.7. The highest BCUT2D eigenvalue weighted by Gasteiger charge is 2.37. The van der Waals surface area contributed by atoms with Crippen LogP contribution in [0.1, 0.15) is 24.2 Å². The number of carbonyl (C=O) groups is 1. The van der Waals surface area contributed by atoms with Gasteiger partial charge in [0.25, 0.3) is 0 Å². The molecule has 1 N–H and O–H groups in total. The summed E-state index contributed by atoms with van der Waals surface area (Å²) in [4.78, 5) is 11.4. The van der Waals surface area contributed by atoms with Crippen molar-refractivity contribution in [3.63, 3.8) is 0 Å². The summed E-state index contributed by atoms with van der Waals surface area (Å²) in [6, 6.07) is 1.72.